The van der Waals surface area contributed by atoms with Gasteiger partial charge in [0.1, 0.15) is 5.69 Å². The third-order valence-electron chi connectivity index (χ3n) is 3.48. The second-order valence-corrected chi connectivity index (χ2v) is 4.78. The predicted octanol–water partition coefficient (Wildman–Crippen LogP) is 0.127. The van der Waals surface area contributed by atoms with E-state index in [0.29, 0.717) is 18.8 Å². The summed E-state index contributed by atoms with van der Waals surface area (Å²) in [4.78, 5) is 37.8. The van der Waals surface area contributed by atoms with Gasteiger partial charge in [-0.25, -0.2) is 4.98 Å². The number of aromatic amines is 1. The van der Waals surface area contributed by atoms with E-state index < -0.39 is 0 Å². The average molecular weight is 285 g/mol. The Morgan fingerprint density at radius 1 is 1.14 bits per heavy atom. The van der Waals surface area contributed by atoms with Crippen LogP contribution in [0.2, 0.25) is 0 Å². The number of H-pyrrole nitrogens is 1. The Kier molecular flexibility index (Phi) is 3.63. The van der Waals surface area contributed by atoms with Crippen molar-refractivity contribution >= 4 is 11.6 Å². The molecule has 1 saturated heterocycles. The first-order valence-electron chi connectivity index (χ1n) is 6.73. The van der Waals surface area contributed by atoms with Crippen molar-refractivity contribution < 1.29 is 4.79 Å². The summed E-state index contributed by atoms with van der Waals surface area (Å²) in [6, 6.07) is 3.30. The van der Waals surface area contributed by atoms with Crippen LogP contribution in [0.25, 0.3) is 0 Å². The minimum atomic E-state index is -0.116. The maximum atomic E-state index is 12.2. The number of anilines is 1. The number of rotatable bonds is 2. The van der Waals surface area contributed by atoms with Crippen molar-refractivity contribution in [3.8, 4) is 0 Å². The van der Waals surface area contributed by atoms with Gasteiger partial charge in [-0.15, -0.1) is 0 Å². The molecule has 2 aromatic heterocycles. The molecule has 0 spiro atoms. The molecule has 1 fully saturated rings. The van der Waals surface area contributed by atoms with Crippen LogP contribution >= 0.6 is 0 Å². The molecule has 108 valence electrons. The van der Waals surface area contributed by atoms with Crippen LogP contribution in [0, 0.1) is 0 Å². The number of hydrogen-bond donors (Lipinski definition) is 1. The van der Waals surface area contributed by atoms with Gasteiger partial charge in [0.2, 0.25) is 5.56 Å². The molecular formula is C14H15N5O2. The molecule has 0 saturated carbocycles. The Labute approximate surface area is 121 Å². The third-order valence-corrected chi connectivity index (χ3v) is 3.48. The highest BCUT2D eigenvalue weighted by atomic mass is 16.2. The van der Waals surface area contributed by atoms with E-state index in [2.05, 4.69) is 19.9 Å². The number of nitrogens with one attached hydrogen (secondary N) is 1. The van der Waals surface area contributed by atoms with E-state index in [1.54, 1.807) is 23.4 Å². The number of aromatic nitrogens is 3. The summed E-state index contributed by atoms with van der Waals surface area (Å²) in [5, 5.41) is 0. The van der Waals surface area contributed by atoms with Gasteiger partial charge in [0.25, 0.3) is 5.91 Å². The Morgan fingerprint density at radius 3 is 2.57 bits per heavy atom. The van der Waals surface area contributed by atoms with E-state index in [1.807, 2.05) is 0 Å². The molecule has 7 nitrogen and oxygen atoms in total. The lowest BCUT2D eigenvalue weighted by atomic mass is 10.2. The van der Waals surface area contributed by atoms with E-state index in [4.69, 9.17) is 0 Å². The fourth-order valence-corrected chi connectivity index (χ4v) is 2.34. The summed E-state index contributed by atoms with van der Waals surface area (Å²) in [6.07, 6.45) is 6.24. The lowest BCUT2D eigenvalue weighted by Gasteiger charge is -2.35. The fourth-order valence-electron chi connectivity index (χ4n) is 2.34. The molecule has 1 aliphatic heterocycles. The molecular weight excluding hydrogens is 270 g/mol. The summed E-state index contributed by atoms with van der Waals surface area (Å²) in [7, 11) is 0. The lowest BCUT2D eigenvalue weighted by Crippen LogP contribution is -2.49. The monoisotopic (exact) mass is 285 g/mol. The summed E-state index contributed by atoms with van der Waals surface area (Å²) < 4.78 is 0. The van der Waals surface area contributed by atoms with Crippen molar-refractivity contribution in [1.29, 1.82) is 0 Å². The number of nitrogens with zero attached hydrogens (tertiary/aromatic N) is 4. The summed E-state index contributed by atoms with van der Waals surface area (Å²) in [5.74, 6) is -0.0933. The standard InChI is InChI=1S/C14H15N5O2/c20-13-2-1-11(9-17-13)18-5-7-19(8-6-18)14(21)12-10-15-3-4-16-12/h1-4,9-10H,5-8H2,(H,17,20). The smallest absolute Gasteiger partial charge is 0.274 e. The Hall–Kier alpha value is -2.70. The molecule has 0 radical (unpaired) electrons. The van der Waals surface area contributed by atoms with Crippen LogP contribution in [0.1, 0.15) is 10.5 Å². The van der Waals surface area contributed by atoms with E-state index >= 15 is 0 Å². The number of pyridine rings is 1. The molecule has 1 N–H and O–H groups in total. The number of carbonyl (C=O) groups is 1. The quantitative estimate of drug-likeness (QED) is 0.848. The van der Waals surface area contributed by atoms with Gasteiger partial charge in [-0.3, -0.25) is 14.6 Å². The predicted molar refractivity (Wildman–Crippen MR) is 77.2 cm³/mol. The van der Waals surface area contributed by atoms with Crippen LogP contribution < -0.4 is 10.5 Å². The molecule has 0 bridgehead atoms. The van der Waals surface area contributed by atoms with Gasteiger partial charge in [0.15, 0.2) is 0 Å². The maximum Gasteiger partial charge on any atom is 0.274 e. The third kappa shape index (κ3) is 2.91. The highest BCUT2D eigenvalue weighted by Crippen LogP contribution is 2.14. The minimum absolute atomic E-state index is 0.0933. The van der Waals surface area contributed by atoms with Crippen molar-refractivity contribution in [2.45, 2.75) is 0 Å². The number of hydrogen-bond acceptors (Lipinski definition) is 5. The summed E-state index contributed by atoms with van der Waals surface area (Å²) in [6.45, 7) is 2.68. The van der Waals surface area contributed by atoms with E-state index in [1.165, 1.54) is 18.5 Å². The van der Waals surface area contributed by atoms with Gasteiger partial charge in [0.05, 0.1) is 11.9 Å². The van der Waals surface area contributed by atoms with Crippen LogP contribution in [-0.2, 0) is 0 Å². The van der Waals surface area contributed by atoms with Gasteiger partial charge >= 0.3 is 0 Å². The highest BCUT2D eigenvalue weighted by molar-refractivity contribution is 5.92. The van der Waals surface area contributed by atoms with Gasteiger partial charge in [0, 0.05) is 50.8 Å². The summed E-state index contributed by atoms with van der Waals surface area (Å²) in [5.41, 5.74) is 1.21. The Balaban J connectivity index is 1.64. The van der Waals surface area contributed by atoms with E-state index in [9.17, 15) is 9.59 Å². The van der Waals surface area contributed by atoms with Crippen molar-refractivity contribution in [1.82, 2.24) is 19.9 Å². The molecule has 1 amide bonds. The zero-order chi connectivity index (χ0) is 14.7. The lowest BCUT2D eigenvalue weighted by molar-refractivity contribution is 0.0740. The molecule has 0 aliphatic carbocycles. The van der Waals surface area contributed by atoms with Crippen molar-refractivity contribution in [2.24, 2.45) is 0 Å². The first-order valence-corrected chi connectivity index (χ1v) is 6.73. The maximum absolute atomic E-state index is 12.2. The second-order valence-electron chi connectivity index (χ2n) is 4.78. The zero-order valence-corrected chi connectivity index (χ0v) is 11.4. The zero-order valence-electron chi connectivity index (χ0n) is 11.4. The van der Waals surface area contributed by atoms with Crippen molar-refractivity contribution in [3.63, 3.8) is 0 Å². The molecule has 0 aromatic carbocycles. The largest absolute Gasteiger partial charge is 0.367 e. The number of carbonyl (C=O) groups excluding carboxylic acids is 1. The second kappa shape index (κ2) is 5.74. The number of piperazine rings is 1. The van der Waals surface area contributed by atoms with Crippen LogP contribution in [0.4, 0.5) is 5.69 Å². The molecule has 0 unspecified atom stereocenters. The first kappa shape index (κ1) is 13.3. The Bertz CT molecular complexity index is 657. The topological polar surface area (TPSA) is 82.2 Å². The minimum Gasteiger partial charge on any atom is -0.367 e. The van der Waals surface area contributed by atoms with Gasteiger partial charge in [-0.1, -0.05) is 0 Å². The van der Waals surface area contributed by atoms with Gasteiger partial charge < -0.3 is 14.8 Å². The SMILES string of the molecule is O=C(c1cnccn1)N1CCN(c2ccc(=O)[nH]c2)CC1. The molecule has 0 atom stereocenters. The van der Waals surface area contributed by atoms with Crippen LogP contribution in [0.15, 0.2) is 41.7 Å². The molecule has 7 heteroatoms. The molecule has 2 aromatic rings. The van der Waals surface area contributed by atoms with Gasteiger partial charge in [-0.2, -0.15) is 0 Å². The number of amides is 1. The fraction of sp³-hybridized carbons (Fsp3) is 0.286. The van der Waals surface area contributed by atoms with Crippen molar-refractivity contribution in [3.05, 3.63) is 53.0 Å². The van der Waals surface area contributed by atoms with Gasteiger partial charge in [-0.05, 0) is 6.07 Å². The average Bonchev–Trinajstić information content (AvgIpc) is 2.56. The Morgan fingerprint density at radius 2 is 1.95 bits per heavy atom. The van der Waals surface area contributed by atoms with Crippen LogP contribution in [0.3, 0.4) is 0 Å². The van der Waals surface area contributed by atoms with Crippen LogP contribution in [0.5, 0.6) is 0 Å². The molecule has 1 aliphatic rings. The van der Waals surface area contributed by atoms with Crippen LogP contribution in [-0.4, -0.2) is 51.9 Å². The van der Waals surface area contributed by atoms with Crippen molar-refractivity contribution in [2.75, 3.05) is 31.1 Å². The molecule has 21 heavy (non-hydrogen) atoms. The van der Waals surface area contributed by atoms with E-state index in [-0.39, 0.29) is 11.5 Å². The van der Waals surface area contributed by atoms with E-state index in [0.717, 1.165) is 18.8 Å². The normalized spacial score (nSPS) is 15.0. The summed E-state index contributed by atoms with van der Waals surface area (Å²) >= 11 is 0. The highest BCUT2D eigenvalue weighted by Gasteiger charge is 2.23. The first-order chi connectivity index (χ1) is 10.2. The molecule has 3 heterocycles. The molecule has 3 rings (SSSR count).